The molecule has 3 aromatic rings. The Morgan fingerprint density at radius 3 is 2.28 bits per heavy atom. The van der Waals surface area contributed by atoms with Crippen molar-refractivity contribution in [2.45, 2.75) is 25.7 Å². The first kappa shape index (κ1) is 17.2. The monoisotopic (exact) mass is 352 g/mol. The van der Waals surface area contributed by atoms with Gasteiger partial charge in [0.25, 0.3) is 10.0 Å². The summed E-state index contributed by atoms with van der Waals surface area (Å²) in [6.07, 6.45) is 0. The van der Waals surface area contributed by atoms with Gasteiger partial charge in [-0.2, -0.15) is 0 Å². The van der Waals surface area contributed by atoms with Gasteiger partial charge in [0.1, 0.15) is 5.82 Å². The van der Waals surface area contributed by atoms with Gasteiger partial charge in [0.05, 0.1) is 10.6 Å². The second kappa shape index (κ2) is 6.69. The van der Waals surface area contributed by atoms with Gasteiger partial charge in [-0.3, -0.25) is 4.72 Å². The molecular weight excluding hydrogens is 332 g/mol. The minimum atomic E-state index is -3.66. The van der Waals surface area contributed by atoms with Crippen LogP contribution in [0.5, 0.6) is 0 Å². The Hall–Kier alpha value is -2.66. The van der Waals surface area contributed by atoms with E-state index in [0.29, 0.717) is 5.82 Å². The van der Waals surface area contributed by atoms with Crippen LogP contribution in [0.2, 0.25) is 0 Å². The maximum absolute atomic E-state index is 12.5. The molecule has 2 aromatic carbocycles. The van der Waals surface area contributed by atoms with Crippen molar-refractivity contribution in [1.82, 2.24) is 4.98 Å². The highest BCUT2D eigenvalue weighted by atomic mass is 32.2. The van der Waals surface area contributed by atoms with Crippen LogP contribution in [0.15, 0.2) is 65.6 Å². The molecule has 0 fully saturated rings. The van der Waals surface area contributed by atoms with Gasteiger partial charge in [0, 0.05) is 5.56 Å². The molecule has 25 heavy (non-hydrogen) atoms. The number of hydrogen-bond acceptors (Lipinski definition) is 3. The summed E-state index contributed by atoms with van der Waals surface area (Å²) in [6, 6.07) is 18.1. The van der Waals surface area contributed by atoms with Crippen molar-refractivity contribution in [3.05, 3.63) is 77.4 Å². The number of benzene rings is 2. The maximum atomic E-state index is 12.5. The third kappa shape index (κ3) is 3.88. The van der Waals surface area contributed by atoms with Crippen LogP contribution < -0.4 is 4.72 Å². The zero-order chi connectivity index (χ0) is 18.0. The van der Waals surface area contributed by atoms with E-state index in [2.05, 4.69) is 15.8 Å². The highest BCUT2D eigenvalue weighted by Crippen LogP contribution is 2.26. The molecule has 1 aromatic heterocycles. The van der Waals surface area contributed by atoms with Crippen LogP contribution in [-0.2, 0) is 10.0 Å². The Labute approximate surface area is 148 Å². The van der Waals surface area contributed by atoms with Crippen molar-refractivity contribution in [1.29, 1.82) is 0 Å². The Balaban J connectivity index is 2.02. The van der Waals surface area contributed by atoms with Gasteiger partial charge in [-0.1, -0.05) is 35.9 Å². The maximum Gasteiger partial charge on any atom is 0.263 e. The summed E-state index contributed by atoms with van der Waals surface area (Å²) in [5.41, 5.74) is 4.93. The zero-order valence-electron chi connectivity index (χ0n) is 14.4. The number of anilines is 1. The van der Waals surface area contributed by atoms with Crippen molar-refractivity contribution in [2.75, 3.05) is 4.72 Å². The molecule has 0 aliphatic heterocycles. The lowest BCUT2D eigenvalue weighted by Gasteiger charge is -2.12. The minimum absolute atomic E-state index is 0.214. The van der Waals surface area contributed by atoms with Crippen LogP contribution in [0.25, 0.3) is 11.3 Å². The van der Waals surface area contributed by atoms with Gasteiger partial charge in [-0.05, 0) is 62.2 Å². The average molecular weight is 352 g/mol. The van der Waals surface area contributed by atoms with Crippen LogP contribution in [0.3, 0.4) is 0 Å². The Morgan fingerprint density at radius 1 is 0.840 bits per heavy atom. The SMILES string of the molecule is Cc1cc(NS(=O)(=O)c2ccccc2)nc(-c2cc(C)ccc2C)c1. The molecule has 1 N–H and O–H groups in total. The fraction of sp³-hybridized carbons (Fsp3) is 0.150. The fourth-order valence-electron chi connectivity index (χ4n) is 2.67. The number of pyridine rings is 1. The Kier molecular flexibility index (Phi) is 4.59. The molecule has 0 unspecified atom stereocenters. The molecule has 5 heteroatoms. The number of rotatable bonds is 4. The van der Waals surface area contributed by atoms with Crippen molar-refractivity contribution in [2.24, 2.45) is 0 Å². The smallest absolute Gasteiger partial charge is 0.263 e. The molecule has 0 aliphatic carbocycles. The molecule has 0 saturated carbocycles. The van der Waals surface area contributed by atoms with Crippen molar-refractivity contribution < 1.29 is 8.42 Å². The number of aromatic nitrogens is 1. The van der Waals surface area contributed by atoms with Crippen LogP contribution in [0.1, 0.15) is 16.7 Å². The molecule has 0 radical (unpaired) electrons. The summed E-state index contributed by atoms with van der Waals surface area (Å²) in [6.45, 7) is 5.97. The third-order valence-electron chi connectivity index (χ3n) is 3.93. The lowest BCUT2D eigenvalue weighted by molar-refractivity contribution is 0.601. The van der Waals surface area contributed by atoms with Crippen molar-refractivity contribution in [3.63, 3.8) is 0 Å². The second-order valence-electron chi connectivity index (χ2n) is 6.15. The van der Waals surface area contributed by atoms with Crippen LogP contribution in [0, 0.1) is 20.8 Å². The molecule has 0 saturated heterocycles. The van der Waals surface area contributed by atoms with E-state index >= 15 is 0 Å². The first-order chi connectivity index (χ1) is 11.8. The zero-order valence-corrected chi connectivity index (χ0v) is 15.3. The van der Waals surface area contributed by atoms with E-state index in [4.69, 9.17) is 0 Å². The van der Waals surface area contributed by atoms with Gasteiger partial charge in [-0.15, -0.1) is 0 Å². The van der Waals surface area contributed by atoms with E-state index in [1.54, 1.807) is 36.4 Å². The minimum Gasteiger partial charge on any atom is -0.263 e. The standard InChI is InChI=1S/C20H20N2O2S/c1-14-9-10-16(3)18(11-14)19-12-15(2)13-20(21-19)22-25(23,24)17-7-5-4-6-8-17/h4-13H,1-3H3,(H,21,22). The van der Waals surface area contributed by atoms with Crippen molar-refractivity contribution >= 4 is 15.8 Å². The summed E-state index contributed by atoms with van der Waals surface area (Å²) in [4.78, 5) is 4.74. The molecule has 4 nitrogen and oxygen atoms in total. The lowest BCUT2D eigenvalue weighted by Crippen LogP contribution is -2.14. The van der Waals surface area contributed by atoms with Gasteiger partial charge >= 0.3 is 0 Å². The number of hydrogen-bond donors (Lipinski definition) is 1. The van der Waals surface area contributed by atoms with E-state index in [1.165, 1.54) is 0 Å². The van der Waals surface area contributed by atoms with E-state index in [1.807, 2.05) is 39.0 Å². The second-order valence-corrected chi connectivity index (χ2v) is 7.83. The molecular formula is C20H20N2O2S. The lowest BCUT2D eigenvalue weighted by atomic mass is 10.0. The molecule has 3 rings (SSSR count). The van der Waals surface area contributed by atoms with Gasteiger partial charge in [-0.25, -0.2) is 13.4 Å². The van der Waals surface area contributed by atoms with Gasteiger partial charge < -0.3 is 0 Å². The van der Waals surface area contributed by atoms with Crippen molar-refractivity contribution in [3.8, 4) is 11.3 Å². The summed E-state index contributed by atoms with van der Waals surface area (Å²) in [5, 5.41) is 0. The summed E-state index contributed by atoms with van der Waals surface area (Å²) in [5.74, 6) is 0.319. The third-order valence-corrected chi connectivity index (χ3v) is 5.30. The molecule has 1 heterocycles. The van der Waals surface area contributed by atoms with Crippen LogP contribution in [-0.4, -0.2) is 13.4 Å². The topological polar surface area (TPSA) is 59.1 Å². The number of sulfonamides is 1. The number of aryl methyl sites for hydroxylation is 3. The number of nitrogens with one attached hydrogen (secondary N) is 1. The van der Waals surface area contributed by atoms with Crippen LogP contribution in [0.4, 0.5) is 5.82 Å². The largest absolute Gasteiger partial charge is 0.263 e. The average Bonchev–Trinajstić information content (AvgIpc) is 2.57. The fourth-order valence-corrected chi connectivity index (χ4v) is 3.68. The summed E-state index contributed by atoms with van der Waals surface area (Å²) >= 11 is 0. The predicted molar refractivity (Wildman–Crippen MR) is 101 cm³/mol. The van der Waals surface area contributed by atoms with Gasteiger partial charge in [0.15, 0.2) is 0 Å². The summed E-state index contributed by atoms with van der Waals surface area (Å²) < 4.78 is 27.6. The quantitative estimate of drug-likeness (QED) is 0.753. The molecule has 0 aliphatic rings. The molecule has 128 valence electrons. The Bertz CT molecular complexity index is 1010. The normalized spacial score (nSPS) is 11.3. The van der Waals surface area contributed by atoms with E-state index in [9.17, 15) is 8.42 Å². The first-order valence-corrected chi connectivity index (χ1v) is 9.48. The molecule has 0 bridgehead atoms. The highest BCUT2D eigenvalue weighted by Gasteiger charge is 2.15. The van der Waals surface area contributed by atoms with Crippen LogP contribution >= 0.6 is 0 Å². The predicted octanol–water partition coefficient (Wildman–Crippen LogP) is 4.47. The molecule has 0 spiro atoms. The summed E-state index contributed by atoms with van der Waals surface area (Å²) in [7, 11) is -3.66. The highest BCUT2D eigenvalue weighted by molar-refractivity contribution is 7.92. The molecule has 0 atom stereocenters. The van der Waals surface area contributed by atoms with E-state index < -0.39 is 10.0 Å². The number of nitrogens with zero attached hydrogens (tertiary/aromatic N) is 1. The van der Waals surface area contributed by atoms with Gasteiger partial charge in [0.2, 0.25) is 0 Å². The van der Waals surface area contributed by atoms with E-state index in [0.717, 1.165) is 27.9 Å². The first-order valence-electron chi connectivity index (χ1n) is 7.99. The Morgan fingerprint density at radius 2 is 1.56 bits per heavy atom. The van der Waals surface area contributed by atoms with E-state index in [-0.39, 0.29) is 4.90 Å². The molecule has 0 amide bonds.